The number of halogens is 2. The molecule has 0 aliphatic carbocycles. The van der Waals surface area contributed by atoms with Crippen molar-refractivity contribution in [3.05, 3.63) is 53.9 Å². The number of hydrogen-bond donors (Lipinski definition) is 2. The third-order valence-corrected chi connectivity index (χ3v) is 3.45. The third-order valence-electron chi connectivity index (χ3n) is 3.45. The molecular weight excluding hydrogens is 312 g/mol. The highest BCUT2D eigenvalue weighted by Crippen LogP contribution is 2.11. The minimum absolute atomic E-state index is 0.0968. The molecule has 1 heterocycles. The summed E-state index contributed by atoms with van der Waals surface area (Å²) in [5, 5.41) is 10.4. The molecule has 2 rings (SSSR count). The van der Waals surface area contributed by atoms with Gasteiger partial charge in [-0.2, -0.15) is 5.10 Å². The summed E-state index contributed by atoms with van der Waals surface area (Å²) < 4.78 is 29.0. The van der Waals surface area contributed by atoms with E-state index in [2.05, 4.69) is 20.7 Å². The highest BCUT2D eigenvalue weighted by molar-refractivity contribution is 5.79. The van der Waals surface area contributed by atoms with Gasteiger partial charge in [-0.15, -0.1) is 0 Å². The van der Waals surface area contributed by atoms with Gasteiger partial charge in [0.05, 0.1) is 0 Å². The van der Waals surface area contributed by atoms with Crippen LogP contribution < -0.4 is 10.6 Å². The molecule has 130 valence electrons. The smallest absolute Gasteiger partial charge is 0.191 e. The van der Waals surface area contributed by atoms with Crippen molar-refractivity contribution < 1.29 is 8.78 Å². The van der Waals surface area contributed by atoms with Crippen LogP contribution in [0.4, 0.5) is 8.78 Å². The van der Waals surface area contributed by atoms with Crippen LogP contribution in [0.15, 0.2) is 41.7 Å². The lowest BCUT2D eigenvalue weighted by Crippen LogP contribution is -2.38. The highest BCUT2D eigenvalue weighted by Gasteiger charge is 2.08. The van der Waals surface area contributed by atoms with Crippen molar-refractivity contribution in [2.75, 3.05) is 19.6 Å². The standard InChI is InChI=1S/C17H23F2N5/c1-2-20-17(21-9-4-12-24-13-5-10-23-24)22-11-8-14-15(18)6-3-7-16(14)19/h3,5-7,10,13H,2,4,8-9,11-12H2,1H3,(H2,20,21,22). The van der Waals surface area contributed by atoms with Crippen molar-refractivity contribution >= 4 is 5.96 Å². The second-order valence-corrected chi connectivity index (χ2v) is 5.26. The number of aliphatic imine (C=N–C) groups is 1. The molecule has 2 aromatic rings. The van der Waals surface area contributed by atoms with Crippen molar-refractivity contribution in [2.24, 2.45) is 4.99 Å². The first kappa shape index (κ1) is 17.9. The average Bonchev–Trinajstić information content (AvgIpc) is 3.07. The average molecular weight is 335 g/mol. The normalized spacial score (nSPS) is 11.5. The molecule has 0 spiro atoms. The van der Waals surface area contributed by atoms with E-state index in [1.165, 1.54) is 18.2 Å². The largest absolute Gasteiger partial charge is 0.357 e. The summed E-state index contributed by atoms with van der Waals surface area (Å²) in [7, 11) is 0. The van der Waals surface area contributed by atoms with Crippen molar-refractivity contribution in [3.8, 4) is 0 Å². The zero-order valence-electron chi connectivity index (χ0n) is 13.8. The second kappa shape index (κ2) is 9.64. The van der Waals surface area contributed by atoms with E-state index in [0.717, 1.165) is 19.5 Å². The number of rotatable bonds is 8. The SMILES string of the molecule is CCNC(=NCCCn1cccn1)NCCc1c(F)cccc1F. The van der Waals surface area contributed by atoms with Crippen molar-refractivity contribution in [3.63, 3.8) is 0 Å². The Morgan fingerprint density at radius 3 is 2.67 bits per heavy atom. The van der Waals surface area contributed by atoms with Crippen molar-refractivity contribution in [2.45, 2.75) is 26.3 Å². The highest BCUT2D eigenvalue weighted by atomic mass is 19.1. The Morgan fingerprint density at radius 2 is 2.00 bits per heavy atom. The Balaban J connectivity index is 1.78. The lowest BCUT2D eigenvalue weighted by molar-refractivity contribution is 0.552. The summed E-state index contributed by atoms with van der Waals surface area (Å²) in [6.07, 6.45) is 4.78. The molecule has 0 unspecified atom stereocenters. The maximum absolute atomic E-state index is 13.6. The lowest BCUT2D eigenvalue weighted by Gasteiger charge is -2.12. The molecule has 1 aromatic heterocycles. The van der Waals surface area contributed by atoms with Gasteiger partial charge in [-0.3, -0.25) is 9.67 Å². The molecule has 0 saturated heterocycles. The third kappa shape index (κ3) is 5.64. The molecule has 2 N–H and O–H groups in total. The monoisotopic (exact) mass is 335 g/mol. The maximum atomic E-state index is 13.6. The quantitative estimate of drug-likeness (QED) is 0.442. The van der Waals surface area contributed by atoms with Crippen LogP contribution in [-0.4, -0.2) is 35.4 Å². The molecule has 0 radical (unpaired) electrons. The summed E-state index contributed by atoms with van der Waals surface area (Å²) >= 11 is 0. The van der Waals surface area contributed by atoms with Crippen LogP contribution >= 0.6 is 0 Å². The van der Waals surface area contributed by atoms with Crippen LogP contribution in [0.2, 0.25) is 0 Å². The molecular formula is C17H23F2N5. The number of nitrogens with zero attached hydrogens (tertiary/aromatic N) is 3. The van der Waals surface area contributed by atoms with Crippen LogP contribution in [0.3, 0.4) is 0 Å². The first-order valence-electron chi connectivity index (χ1n) is 8.13. The van der Waals surface area contributed by atoms with Gasteiger partial charge in [0.1, 0.15) is 11.6 Å². The molecule has 0 amide bonds. The predicted molar refractivity (Wildman–Crippen MR) is 90.9 cm³/mol. The molecule has 0 saturated carbocycles. The van der Waals surface area contributed by atoms with Gasteiger partial charge in [0.25, 0.3) is 0 Å². The van der Waals surface area contributed by atoms with Crippen LogP contribution in [0.5, 0.6) is 0 Å². The Bertz CT molecular complexity index is 620. The van der Waals surface area contributed by atoms with Crippen molar-refractivity contribution in [1.82, 2.24) is 20.4 Å². The molecule has 0 aliphatic rings. The minimum atomic E-state index is -0.516. The van der Waals surface area contributed by atoms with Gasteiger partial charge in [-0.25, -0.2) is 8.78 Å². The zero-order valence-corrected chi connectivity index (χ0v) is 13.8. The lowest BCUT2D eigenvalue weighted by atomic mass is 10.1. The number of benzene rings is 1. The summed E-state index contributed by atoms with van der Waals surface area (Å²) in [6, 6.07) is 5.80. The van der Waals surface area contributed by atoms with Gasteiger partial charge in [0.2, 0.25) is 0 Å². The fourth-order valence-electron chi connectivity index (χ4n) is 2.28. The van der Waals surface area contributed by atoms with E-state index in [9.17, 15) is 8.78 Å². The van der Waals surface area contributed by atoms with Gasteiger partial charge < -0.3 is 10.6 Å². The van der Waals surface area contributed by atoms with E-state index in [4.69, 9.17) is 0 Å². The Labute approximate surface area is 140 Å². The molecule has 7 heteroatoms. The van der Waals surface area contributed by atoms with E-state index in [1.54, 1.807) is 6.20 Å². The minimum Gasteiger partial charge on any atom is -0.357 e. The van der Waals surface area contributed by atoms with Gasteiger partial charge >= 0.3 is 0 Å². The number of hydrogen-bond acceptors (Lipinski definition) is 2. The Hall–Kier alpha value is -2.44. The summed E-state index contributed by atoms with van der Waals surface area (Å²) in [4.78, 5) is 4.45. The van der Waals surface area contributed by atoms with E-state index >= 15 is 0 Å². The number of aryl methyl sites for hydroxylation is 1. The van der Waals surface area contributed by atoms with E-state index in [1.807, 2.05) is 23.9 Å². The van der Waals surface area contributed by atoms with Crippen LogP contribution in [0, 0.1) is 11.6 Å². The van der Waals surface area contributed by atoms with Gasteiger partial charge in [-0.05, 0) is 38.0 Å². The van der Waals surface area contributed by atoms with E-state index in [-0.39, 0.29) is 12.0 Å². The Morgan fingerprint density at radius 1 is 1.21 bits per heavy atom. The fraction of sp³-hybridized carbons (Fsp3) is 0.412. The summed E-state index contributed by atoms with van der Waals surface area (Å²) in [5.41, 5.74) is 0.0968. The molecule has 0 bridgehead atoms. The summed E-state index contributed by atoms with van der Waals surface area (Å²) in [5.74, 6) is -0.384. The molecule has 24 heavy (non-hydrogen) atoms. The van der Waals surface area contributed by atoms with Gasteiger partial charge in [-0.1, -0.05) is 6.07 Å². The van der Waals surface area contributed by atoms with E-state index in [0.29, 0.717) is 19.0 Å². The second-order valence-electron chi connectivity index (χ2n) is 5.26. The first-order valence-corrected chi connectivity index (χ1v) is 8.13. The van der Waals surface area contributed by atoms with Crippen LogP contribution in [-0.2, 0) is 13.0 Å². The molecule has 1 aromatic carbocycles. The number of guanidine groups is 1. The maximum Gasteiger partial charge on any atom is 0.191 e. The Kier molecular flexibility index (Phi) is 7.20. The zero-order chi connectivity index (χ0) is 17.2. The van der Waals surface area contributed by atoms with Crippen LogP contribution in [0.1, 0.15) is 18.9 Å². The predicted octanol–water partition coefficient (Wildman–Crippen LogP) is 2.35. The van der Waals surface area contributed by atoms with Crippen LogP contribution in [0.25, 0.3) is 0 Å². The number of aromatic nitrogens is 2. The molecule has 0 atom stereocenters. The molecule has 5 nitrogen and oxygen atoms in total. The molecule has 0 aliphatic heterocycles. The fourth-order valence-corrected chi connectivity index (χ4v) is 2.28. The first-order chi connectivity index (χ1) is 11.7. The van der Waals surface area contributed by atoms with Crippen molar-refractivity contribution in [1.29, 1.82) is 0 Å². The number of nitrogens with one attached hydrogen (secondary N) is 2. The van der Waals surface area contributed by atoms with E-state index < -0.39 is 11.6 Å². The molecule has 0 fully saturated rings. The van der Waals surface area contributed by atoms with Gasteiger partial charge in [0.15, 0.2) is 5.96 Å². The topological polar surface area (TPSA) is 54.2 Å². The van der Waals surface area contributed by atoms with Gasteiger partial charge in [0, 0.05) is 44.1 Å². The summed E-state index contributed by atoms with van der Waals surface area (Å²) in [6.45, 7) is 4.54.